The fraction of sp³-hybridized carbons (Fsp3) is 0.471. The van der Waals surface area contributed by atoms with Gasteiger partial charge < -0.3 is 5.32 Å². The summed E-state index contributed by atoms with van der Waals surface area (Å²) in [6.45, 7) is 1.89. The molecule has 1 fully saturated rings. The fourth-order valence-electron chi connectivity index (χ4n) is 3.54. The Bertz CT molecular complexity index is 1060. The summed E-state index contributed by atoms with van der Waals surface area (Å²) in [5.74, 6) is 0.459. The van der Waals surface area contributed by atoms with Gasteiger partial charge in [-0.2, -0.15) is 15.2 Å². The van der Waals surface area contributed by atoms with Crippen molar-refractivity contribution in [1.82, 2.24) is 29.5 Å². The summed E-state index contributed by atoms with van der Waals surface area (Å²) in [6, 6.07) is 3.63. The first-order valence-corrected chi connectivity index (χ1v) is 8.76. The first-order chi connectivity index (χ1) is 12.5. The molecule has 1 aliphatic rings. The number of anilines is 1. The second-order valence-electron chi connectivity index (χ2n) is 6.83. The van der Waals surface area contributed by atoms with Gasteiger partial charge in [0, 0.05) is 19.2 Å². The summed E-state index contributed by atoms with van der Waals surface area (Å²) in [5, 5.41) is 12.2. The highest BCUT2D eigenvalue weighted by molar-refractivity contribution is 5.74. The van der Waals surface area contributed by atoms with Gasteiger partial charge in [0.25, 0.3) is 11.1 Å². The summed E-state index contributed by atoms with van der Waals surface area (Å²) in [6.07, 6.45) is 4.97. The highest BCUT2D eigenvalue weighted by Crippen LogP contribution is 2.28. The molecule has 4 rings (SSSR count). The number of aromatic amines is 1. The number of fused-ring (bicyclic) bond motifs is 1. The van der Waals surface area contributed by atoms with Crippen LogP contribution in [-0.2, 0) is 7.05 Å². The Labute approximate surface area is 149 Å². The summed E-state index contributed by atoms with van der Waals surface area (Å²) < 4.78 is 3.19. The van der Waals surface area contributed by atoms with Crippen molar-refractivity contribution in [2.45, 2.75) is 44.7 Å². The minimum atomic E-state index is -0.199. The topological polar surface area (TPSA) is 110 Å². The van der Waals surface area contributed by atoms with E-state index in [0.29, 0.717) is 17.0 Å². The molecule has 0 amide bonds. The van der Waals surface area contributed by atoms with Crippen LogP contribution in [0.3, 0.4) is 0 Å². The van der Waals surface area contributed by atoms with Gasteiger partial charge >= 0.3 is 0 Å². The molecule has 0 saturated heterocycles. The monoisotopic (exact) mass is 355 g/mol. The number of hydrogen-bond acceptors (Lipinski definition) is 6. The molecular formula is C17H21N7O2. The number of nitrogens with zero attached hydrogens (tertiary/aromatic N) is 5. The number of nitrogens with one attached hydrogen (secondary N) is 2. The molecule has 0 bridgehead atoms. The van der Waals surface area contributed by atoms with Crippen molar-refractivity contribution in [3.05, 3.63) is 44.7 Å². The van der Waals surface area contributed by atoms with Crippen LogP contribution < -0.4 is 16.4 Å². The van der Waals surface area contributed by atoms with E-state index in [-0.39, 0.29) is 23.2 Å². The Morgan fingerprint density at radius 2 is 1.96 bits per heavy atom. The van der Waals surface area contributed by atoms with Crippen LogP contribution in [0.4, 0.5) is 5.95 Å². The molecule has 136 valence electrons. The second kappa shape index (κ2) is 6.40. The quantitative estimate of drug-likeness (QED) is 0.728. The molecule has 9 heteroatoms. The Balaban J connectivity index is 1.47. The van der Waals surface area contributed by atoms with Crippen LogP contribution in [0.1, 0.15) is 37.4 Å². The predicted octanol–water partition coefficient (Wildman–Crippen LogP) is 1.12. The predicted molar refractivity (Wildman–Crippen MR) is 97.3 cm³/mol. The Morgan fingerprint density at radius 1 is 1.19 bits per heavy atom. The van der Waals surface area contributed by atoms with Crippen molar-refractivity contribution in [3.63, 3.8) is 0 Å². The van der Waals surface area contributed by atoms with Crippen molar-refractivity contribution < 1.29 is 0 Å². The molecule has 3 aromatic heterocycles. The van der Waals surface area contributed by atoms with Crippen molar-refractivity contribution in [2.75, 3.05) is 5.32 Å². The number of aryl methyl sites for hydroxylation is 2. The smallest absolute Gasteiger partial charge is 0.267 e. The van der Waals surface area contributed by atoms with E-state index in [1.54, 1.807) is 28.5 Å². The average Bonchev–Trinajstić information content (AvgIpc) is 3.00. The number of hydrogen-bond donors (Lipinski definition) is 2. The first kappa shape index (κ1) is 16.5. The van der Waals surface area contributed by atoms with E-state index >= 15 is 0 Å². The maximum atomic E-state index is 12.1. The summed E-state index contributed by atoms with van der Waals surface area (Å²) in [7, 11) is 1.76. The highest BCUT2D eigenvalue weighted by Gasteiger charge is 2.24. The van der Waals surface area contributed by atoms with Gasteiger partial charge in [-0.15, -0.1) is 0 Å². The molecule has 1 saturated carbocycles. The normalized spacial score (nSPS) is 20.4. The fourth-order valence-corrected chi connectivity index (χ4v) is 3.54. The lowest BCUT2D eigenvalue weighted by molar-refractivity contribution is 0.302. The van der Waals surface area contributed by atoms with Gasteiger partial charge in [0.05, 0.1) is 17.9 Å². The molecule has 3 aromatic rings. The van der Waals surface area contributed by atoms with Gasteiger partial charge in [-0.1, -0.05) is 0 Å². The van der Waals surface area contributed by atoms with Crippen LogP contribution in [0.15, 0.2) is 27.9 Å². The molecule has 26 heavy (non-hydrogen) atoms. The number of aromatic nitrogens is 6. The van der Waals surface area contributed by atoms with Crippen molar-refractivity contribution in [1.29, 1.82) is 0 Å². The van der Waals surface area contributed by atoms with Crippen LogP contribution in [-0.4, -0.2) is 35.6 Å². The van der Waals surface area contributed by atoms with Crippen LogP contribution in [0.25, 0.3) is 11.0 Å². The lowest BCUT2D eigenvalue weighted by atomic mass is 9.91. The van der Waals surface area contributed by atoms with Crippen molar-refractivity contribution >= 4 is 17.0 Å². The molecule has 0 aliphatic heterocycles. The third-order valence-corrected chi connectivity index (χ3v) is 4.94. The van der Waals surface area contributed by atoms with E-state index in [1.165, 1.54) is 6.20 Å². The van der Waals surface area contributed by atoms with Crippen LogP contribution in [0.5, 0.6) is 0 Å². The summed E-state index contributed by atoms with van der Waals surface area (Å²) >= 11 is 0. The van der Waals surface area contributed by atoms with Crippen molar-refractivity contribution in [2.24, 2.45) is 7.05 Å². The largest absolute Gasteiger partial charge is 0.353 e. The van der Waals surface area contributed by atoms with Gasteiger partial charge in [0.15, 0.2) is 5.65 Å². The maximum Gasteiger partial charge on any atom is 0.267 e. The SMILES string of the molecule is Cc1ccc(=O)n(C2CCC(Nc3nc4c(cnn4C)c(=O)[nH]3)CC2)n1. The number of rotatable bonds is 3. The first-order valence-electron chi connectivity index (χ1n) is 8.76. The molecule has 0 atom stereocenters. The average molecular weight is 355 g/mol. The van der Waals surface area contributed by atoms with E-state index in [9.17, 15) is 9.59 Å². The molecule has 1 aliphatic carbocycles. The number of H-pyrrole nitrogens is 1. The molecule has 0 radical (unpaired) electrons. The Hall–Kier alpha value is -2.97. The Kier molecular flexibility index (Phi) is 4.06. The minimum Gasteiger partial charge on any atom is -0.353 e. The van der Waals surface area contributed by atoms with Crippen LogP contribution >= 0.6 is 0 Å². The highest BCUT2D eigenvalue weighted by atomic mass is 16.1. The molecule has 0 unspecified atom stereocenters. The Morgan fingerprint density at radius 3 is 2.73 bits per heavy atom. The van der Waals surface area contributed by atoms with Gasteiger partial charge in [-0.3, -0.25) is 19.3 Å². The van der Waals surface area contributed by atoms with Crippen molar-refractivity contribution in [3.8, 4) is 0 Å². The lowest BCUT2D eigenvalue weighted by Gasteiger charge is -2.29. The van der Waals surface area contributed by atoms with Gasteiger partial charge in [-0.25, -0.2) is 4.68 Å². The van der Waals surface area contributed by atoms with Crippen LogP contribution in [0.2, 0.25) is 0 Å². The molecule has 0 aromatic carbocycles. The molecule has 0 spiro atoms. The summed E-state index contributed by atoms with van der Waals surface area (Å²) in [5.41, 5.74) is 1.14. The van der Waals surface area contributed by atoms with E-state index < -0.39 is 0 Å². The van der Waals surface area contributed by atoms with E-state index in [4.69, 9.17) is 0 Å². The second-order valence-corrected chi connectivity index (χ2v) is 6.83. The standard InChI is InChI=1S/C17H21N7O2/c1-10-3-8-14(25)24(22-10)12-6-4-11(5-7-12)19-17-20-15-13(16(26)21-17)9-18-23(15)2/h3,8-9,11-12H,4-7H2,1-2H3,(H2,19,20,21,26). The molecular weight excluding hydrogens is 334 g/mol. The lowest BCUT2D eigenvalue weighted by Crippen LogP contribution is -2.34. The molecule has 9 nitrogen and oxygen atoms in total. The zero-order valence-corrected chi connectivity index (χ0v) is 14.8. The molecule has 2 N–H and O–H groups in total. The van der Waals surface area contributed by atoms with E-state index in [0.717, 1.165) is 31.4 Å². The third kappa shape index (κ3) is 3.00. The van der Waals surface area contributed by atoms with Gasteiger partial charge in [0.1, 0.15) is 5.39 Å². The third-order valence-electron chi connectivity index (χ3n) is 4.94. The van der Waals surface area contributed by atoms with Crippen LogP contribution in [0, 0.1) is 6.92 Å². The van der Waals surface area contributed by atoms with E-state index in [1.807, 2.05) is 6.92 Å². The molecule has 3 heterocycles. The maximum absolute atomic E-state index is 12.1. The summed E-state index contributed by atoms with van der Waals surface area (Å²) in [4.78, 5) is 31.4. The zero-order valence-electron chi connectivity index (χ0n) is 14.8. The van der Waals surface area contributed by atoms with Gasteiger partial charge in [0.2, 0.25) is 5.95 Å². The van der Waals surface area contributed by atoms with Gasteiger partial charge in [-0.05, 0) is 38.7 Å². The minimum absolute atomic E-state index is 0.0559. The zero-order chi connectivity index (χ0) is 18.3. The van der Waals surface area contributed by atoms with E-state index in [2.05, 4.69) is 25.5 Å².